The van der Waals surface area contributed by atoms with Gasteiger partial charge in [0, 0.05) is 6.42 Å². The molecule has 0 bridgehead atoms. The first-order valence-corrected chi connectivity index (χ1v) is 4.06. The highest BCUT2D eigenvalue weighted by molar-refractivity contribution is 5.72. The van der Waals surface area contributed by atoms with Gasteiger partial charge in [0.15, 0.2) is 6.10 Å². The number of carbonyl (C=O) groups is 1. The zero-order chi connectivity index (χ0) is 9.84. The highest BCUT2D eigenvalue weighted by Gasteiger charge is 2.12. The average molecular weight is 180 g/mol. The lowest BCUT2D eigenvalue weighted by Gasteiger charge is -2.05. The van der Waals surface area contributed by atoms with Gasteiger partial charge < -0.3 is 10.2 Å². The van der Waals surface area contributed by atoms with E-state index in [2.05, 4.69) is 0 Å². The zero-order valence-corrected chi connectivity index (χ0v) is 7.40. The third-order valence-corrected chi connectivity index (χ3v) is 1.83. The minimum atomic E-state index is -1.30. The molecule has 70 valence electrons. The normalized spacial score (nSPS) is 12.5. The Morgan fingerprint density at radius 1 is 1.38 bits per heavy atom. The Balaban J connectivity index is 2.64. The van der Waals surface area contributed by atoms with E-state index in [1.165, 1.54) is 0 Å². The van der Waals surface area contributed by atoms with Crippen LogP contribution in [0.15, 0.2) is 24.3 Å². The first-order valence-electron chi connectivity index (χ1n) is 4.06. The van der Waals surface area contributed by atoms with Crippen LogP contribution in [0.1, 0.15) is 11.1 Å². The van der Waals surface area contributed by atoms with Crippen LogP contribution in [0.2, 0.25) is 0 Å². The van der Waals surface area contributed by atoms with Crippen molar-refractivity contribution in [1.29, 1.82) is 0 Å². The first-order chi connectivity index (χ1) is 6.09. The molecule has 0 amide bonds. The van der Waals surface area contributed by atoms with Gasteiger partial charge in [-0.2, -0.15) is 0 Å². The van der Waals surface area contributed by atoms with Crippen molar-refractivity contribution in [1.82, 2.24) is 0 Å². The van der Waals surface area contributed by atoms with Crippen LogP contribution in [0.5, 0.6) is 0 Å². The molecule has 0 saturated carbocycles. The van der Waals surface area contributed by atoms with Gasteiger partial charge in [-0.3, -0.25) is 0 Å². The molecule has 0 saturated heterocycles. The van der Waals surface area contributed by atoms with Crippen LogP contribution in [0.3, 0.4) is 0 Å². The summed E-state index contributed by atoms with van der Waals surface area (Å²) in [6.07, 6.45) is -1.14. The summed E-state index contributed by atoms with van der Waals surface area (Å²) < 4.78 is 0. The van der Waals surface area contributed by atoms with Gasteiger partial charge in [-0.1, -0.05) is 29.8 Å². The molecule has 1 aromatic rings. The van der Waals surface area contributed by atoms with Crippen LogP contribution in [-0.2, 0) is 11.2 Å². The van der Waals surface area contributed by atoms with E-state index in [9.17, 15) is 4.79 Å². The fourth-order valence-electron chi connectivity index (χ4n) is 1.03. The van der Waals surface area contributed by atoms with Crippen LogP contribution < -0.4 is 0 Å². The van der Waals surface area contributed by atoms with Crippen molar-refractivity contribution in [2.24, 2.45) is 0 Å². The number of benzene rings is 1. The smallest absolute Gasteiger partial charge is 0.332 e. The Kier molecular flexibility index (Phi) is 3.03. The van der Waals surface area contributed by atoms with Gasteiger partial charge in [-0.25, -0.2) is 4.79 Å². The average Bonchev–Trinajstić information content (AvgIpc) is 2.08. The summed E-state index contributed by atoms with van der Waals surface area (Å²) in [5.41, 5.74) is 1.95. The molecule has 1 rings (SSSR count). The van der Waals surface area contributed by atoms with Crippen molar-refractivity contribution >= 4 is 5.97 Å². The molecule has 13 heavy (non-hydrogen) atoms. The molecule has 1 aromatic carbocycles. The Morgan fingerprint density at radius 2 is 1.92 bits per heavy atom. The van der Waals surface area contributed by atoms with Crippen LogP contribution in [0, 0.1) is 6.92 Å². The largest absolute Gasteiger partial charge is 0.479 e. The van der Waals surface area contributed by atoms with E-state index >= 15 is 0 Å². The fraction of sp³-hybridized carbons (Fsp3) is 0.300. The van der Waals surface area contributed by atoms with Gasteiger partial charge in [-0.15, -0.1) is 0 Å². The fourth-order valence-corrected chi connectivity index (χ4v) is 1.03. The molecule has 0 heterocycles. The minimum Gasteiger partial charge on any atom is -0.479 e. The number of aliphatic carboxylic acids is 1. The molecule has 2 N–H and O–H groups in total. The minimum absolute atomic E-state index is 0.162. The quantitative estimate of drug-likeness (QED) is 0.729. The lowest BCUT2D eigenvalue weighted by atomic mass is 10.1. The standard InChI is InChI=1S/C10H12O3/c1-7-2-4-8(5-3-7)6-9(11)10(12)13/h2-5,9,11H,6H2,1H3,(H,12,13)/t9-/m0/s1. The van der Waals surface area contributed by atoms with E-state index in [4.69, 9.17) is 10.2 Å². The van der Waals surface area contributed by atoms with Crippen molar-refractivity contribution < 1.29 is 15.0 Å². The van der Waals surface area contributed by atoms with Gasteiger partial charge in [0.25, 0.3) is 0 Å². The number of carboxylic acid groups (broad SMARTS) is 1. The van der Waals surface area contributed by atoms with Crippen LogP contribution in [-0.4, -0.2) is 22.3 Å². The zero-order valence-electron chi connectivity index (χ0n) is 7.40. The highest BCUT2D eigenvalue weighted by Crippen LogP contribution is 2.05. The molecular weight excluding hydrogens is 168 g/mol. The lowest BCUT2D eigenvalue weighted by molar-refractivity contribution is -0.146. The maximum Gasteiger partial charge on any atom is 0.332 e. The van der Waals surface area contributed by atoms with Crippen molar-refractivity contribution in [3.8, 4) is 0 Å². The molecular formula is C10H12O3. The van der Waals surface area contributed by atoms with Crippen LogP contribution in [0.25, 0.3) is 0 Å². The molecule has 0 aromatic heterocycles. The third-order valence-electron chi connectivity index (χ3n) is 1.83. The molecule has 0 fully saturated rings. The van der Waals surface area contributed by atoms with Gasteiger partial charge in [0.1, 0.15) is 0 Å². The maximum absolute atomic E-state index is 10.3. The molecule has 0 aliphatic heterocycles. The molecule has 3 heteroatoms. The summed E-state index contributed by atoms with van der Waals surface area (Å²) in [6, 6.07) is 7.43. The molecule has 0 radical (unpaired) electrons. The highest BCUT2D eigenvalue weighted by atomic mass is 16.4. The summed E-state index contributed by atoms with van der Waals surface area (Å²) in [7, 11) is 0. The molecule has 0 spiro atoms. The second kappa shape index (κ2) is 4.05. The van der Waals surface area contributed by atoms with Crippen LogP contribution in [0.4, 0.5) is 0 Å². The van der Waals surface area contributed by atoms with E-state index in [0.717, 1.165) is 11.1 Å². The summed E-state index contributed by atoms with van der Waals surface area (Å²) in [4.78, 5) is 10.3. The van der Waals surface area contributed by atoms with Gasteiger partial charge in [0.05, 0.1) is 0 Å². The van der Waals surface area contributed by atoms with E-state index < -0.39 is 12.1 Å². The van der Waals surface area contributed by atoms with Crippen LogP contribution >= 0.6 is 0 Å². The number of hydrogen-bond donors (Lipinski definition) is 2. The second-order valence-corrected chi connectivity index (χ2v) is 3.04. The van der Waals surface area contributed by atoms with E-state index in [1.807, 2.05) is 31.2 Å². The van der Waals surface area contributed by atoms with Gasteiger partial charge in [0.2, 0.25) is 0 Å². The van der Waals surface area contributed by atoms with Crippen molar-refractivity contribution in [2.45, 2.75) is 19.4 Å². The van der Waals surface area contributed by atoms with E-state index in [1.54, 1.807) is 0 Å². The van der Waals surface area contributed by atoms with Gasteiger partial charge >= 0.3 is 5.97 Å². The van der Waals surface area contributed by atoms with Crippen molar-refractivity contribution in [2.75, 3.05) is 0 Å². The summed E-state index contributed by atoms with van der Waals surface area (Å²) in [5.74, 6) is -1.18. The second-order valence-electron chi connectivity index (χ2n) is 3.04. The first kappa shape index (κ1) is 9.74. The predicted octanol–water partition coefficient (Wildman–Crippen LogP) is 0.983. The Morgan fingerprint density at radius 3 is 2.38 bits per heavy atom. The molecule has 3 nitrogen and oxygen atoms in total. The summed E-state index contributed by atoms with van der Waals surface area (Å²) in [6.45, 7) is 1.96. The monoisotopic (exact) mass is 180 g/mol. The van der Waals surface area contributed by atoms with E-state index in [-0.39, 0.29) is 6.42 Å². The number of aliphatic hydroxyl groups is 1. The van der Waals surface area contributed by atoms with E-state index in [0.29, 0.717) is 0 Å². The Hall–Kier alpha value is -1.35. The Labute approximate surface area is 76.6 Å². The van der Waals surface area contributed by atoms with Crippen molar-refractivity contribution in [3.05, 3.63) is 35.4 Å². The predicted molar refractivity (Wildman–Crippen MR) is 48.5 cm³/mol. The number of aliphatic hydroxyl groups excluding tert-OH is 1. The summed E-state index contributed by atoms with van der Waals surface area (Å²) >= 11 is 0. The summed E-state index contributed by atoms with van der Waals surface area (Å²) in [5, 5.41) is 17.5. The molecule has 0 unspecified atom stereocenters. The topological polar surface area (TPSA) is 57.5 Å². The Bertz CT molecular complexity index is 290. The number of carboxylic acids is 1. The number of rotatable bonds is 3. The molecule has 1 atom stereocenters. The SMILES string of the molecule is Cc1ccc(C[C@H](O)C(=O)O)cc1. The third kappa shape index (κ3) is 2.87. The van der Waals surface area contributed by atoms with Gasteiger partial charge in [-0.05, 0) is 12.5 Å². The van der Waals surface area contributed by atoms with Crippen molar-refractivity contribution in [3.63, 3.8) is 0 Å². The lowest BCUT2D eigenvalue weighted by Crippen LogP contribution is -2.21. The number of hydrogen-bond acceptors (Lipinski definition) is 2. The molecule has 0 aliphatic rings. The molecule has 0 aliphatic carbocycles. The number of aryl methyl sites for hydroxylation is 1. The maximum atomic E-state index is 10.3.